The Kier molecular flexibility index (Phi) is 5.68. The third-order valence-electron chi connectivity index (χ3n) is 4.01. The molecule has 1 saturated heterocycles. The van der Waals surface area contributed by atoms with Gasteiger partial charge in [-0.15, -0.1) is 0 Å². The highest BCUT2D eigenvalue weighted by Gasteiger charge is 2.31. The van der Waals surface area contributed by atoms with Crippen LogP contribution in [0.1, 0.15) is 32.6 Å². The lowest BCUT2D eigenvalue weighted by atomic mass is 9.94. The lowest BCUT2D eigenvalue weighted by Crippen LogP contribution is -2.38. The SMILES string of the molecule is CCCC1CCN(S(=O)(=O)c2cc(Br)ccc2OC)CC1. The Morgan fingerprint density at radius 1 is 1.33 bits per heavy atom. The predicted octanol–water partition coefficient (Wildman–Crippen LogP) is 3.66. The lowest BCUT2D eigenvalue weighted by Gasteiger charge is -2.31. The second-order valence-electron chi connectivity index (χ2n) is 5.43. The number of hydrogen-bond donors (Lipinski definition) is 0. The smallest absolute Gasteiger partial charge is 0.246 e. The largest absolute Gasteiger partial charge is 0.495 e. The van der Waals surface area contributed by atoms with Crippen LogP contribution in [0.25, 0.3) is 0 Å². The van der Waals surface area contributed by atoms with Crippen LogP contribution in [-0.4, -0.2) is 32.9 Å². The molecular formula is C15H22BrNO3S. The first-order chi connectivity index (χ1) is 9.98. The maximum absolute atomic E-state index is 12.8. The van der Waals surface area contributed by atoms with Crippen LogP contribution in [0.3, 0.4) is 0 Å². The second kappa shape index (κ2) is 7.11. The van der Waals surface area contributed by atoms with E-state index in [1.54, 1.807) is 22.5 Å². The molecule has 0 N–H and O–H groups in total. The van der Waals surface area contributed by atoms with Crippen molar-refractivity contribution >= 4 is 26.0 Å². The highest BCUT2D eigenvalue weighted by atomic mass is 79.9. The fourth-order valence-electron chi connectivity index (χ4n) is 2.84. The number of rotatable bonds is 5. The Labute approximate surface area is 135 Å². The average Bonchev–Trinajstić information content (AvgIpc) is 2.48. The van der Waals surface area contributed by atoms with E-state index in [-0.39, 0.29) is 4.90 Å². The van der Waals surface area contributed by atoms with Gasteiger partial charge in [-0.2, -0.15) is 4.31 Å². The first-order valence-corrected chi connectivity index (χ1v) is 9.56. The van der Waals surface area contributed by atoms with Crippen molar-refractivity contribution in [3.63, 3.8) is 0 Å². The maximum Gasteiger partial charge on any atom is 0.246 e. The normalized spacial score (nSPS) is 17.9. The summed E-state index contributed by atoms with van der Waals surface area (Å²) < 4.78 is 33.2. The zero-order chi connectivity index (χ0) is 15.5. The number of ether oxygens (including phenoxy) is 1. The van der Waals surface area contributed by atoms with Gasteiger partial charge in [0.2, 0.25) is 10.0 Å². The fraction of sp³-hybridized carbons (Fsp3) is 0.600. The lowest BCUT2D eigenvalue weighted by molar-refractivity contribution is 0.261. The molecule has 2 rings (SSSR count). The molecule has 0 bridgehead atoms. The van der Waals surface area contributed by atoms with Crippen LogP contribution in [0.5, 0.6) is 5.75 Å². The molecule has 0 saturated carbocycles. The van der Waals surface area contributed by atoms with Gasteiger partial charge in [0.25, 0.3) is 0 Å². The summed E-state index contributed by atoms with van der Waals surface area (Å²) in [5.41, 5.74) is 0. The molecule has 1 fully saturated rings. The highest BCUT2D eigenvalue weighted by Crippen LogP contribution is 2.32. The first-order valence-electron chi connectivity index (χ1n) is 7.32. The van der Waals surface area contributed by atoms with E-state index >= 15 is 0 Å². The van der Waals surface area contributed by atoms with Crippen LogP contribution >= 0.6 is 15.9 Å². The molecule has 0 unspecified atom stereocenters. The average molecular weight is 376 g/mol. The molecule has 0 spiro atoms. The van der Waals surface area contributed by atoms with Crippen molar-refractivity contribution in [3.8, 4) is 5.75 Å². The van der Waals surface area contributed by atoms with E-state index in [1.807, 2.05) is 0 Å². The molecule has 1 aliphatic rings. The number of nitrogens with zero attached hydrogens (tertiary/aromatic N) is 1. The Morgan fingerprint density at radius 3 is 2.57 bits per heavy atom. The van der Waals surface area contributed by atoms with E-state index in [2.05, 4.69) is 22.9 Å². The van der Waals surface area contributed by atoms with E-state index in [0.29, 0.717) is 24.8 Å². The molecule has 21 heavy (non-hydrogen) atoms. The molecular weight excluding hydrogens is 354 g/mol. The minimum absolute atomic E-state index is 0.244. The molecule has 1 aliphatic heterocycles. The summed E-state index contributed by atoms with van der Waals surface area (Å²) in [6.45, 7) is 3.38. The zero-order valence-corrected chi connectivity index (χ0v) is 14.9. The van der Waals surface area contributed by atoms with Crippen LogP contribution in [0, 0.1) is 5.92 Å². The van der Waals surface area contributed by atoms with Gasteiger partial charge in [0, 0.05) is 17.6 Å². The third kappa shape index (κ3) is 3.79. The van der Waals surface area contributed by atoms with E-state index < -0.39 is 10.0 Å². The molecule has 1 heterocycles. The summed E-state index contributed by atoms with van der Waals surface area (Å²) >= 11 is 3.33. The fourth-order valence-corrected chi connectivity index (χ4v) is 5.00. The molecule has 4 nitrogen and oxygen atoms in total. The van der Waals surface area contributed by atoms with Gasteiger partial charge >= 0.3 is 0 Å². The van der Waals surface area contributed by atoms with E-state index in [4.69, 9.17) is 4.74 Å². The van der Waals surface area contributed by atoms with Gasteiger partial charge in [0.15, 0.2) is 0 Å². The Balaban J connectivity index is 2.21. The highest BCUT2D eigenvalue weighted by molar-refractivity contribution is 9.10. The summed E-state index contributed by atoms with van der Waals surface area (Å²) in [5, 5.41) is 0. The van der Waals surface area contributed by atoms with Gasteiger partial charge in [-0.25, -0.2) is 8.42 Å². The van der Waals surface area contributed by atoms with Crippen molar-refractivity contribution in [2.75, 3.05) is 20.2 Å². The summed E-state index contributed by atoms with van der Waals surface area (Å²) in [6.07, 6.45) is 4.25. The Hall–Kier alpha value is -0.590. The summed E-state index contributed by atoms with van der Waals surface area (Å²) in [4.78, 5) is 0.244. The Morgan fingerprint density at radius 2 is 2.00 bits per heavy atom. The van der Waals surface area contributed by atoms with Gasteiger partial charge < -0.3 is 4.74 Å². The van der Waals surface area contributed by atoms with Crippen molar-refractivity contribution in [2.45, 2.75) is 37.5 Å². The van der Waals surface area contributed by atoms with Crippen molar-refractivity contribution in [1.29, 1.82) is 0 Å². The minimum atomic E-state index is -3.49. The monoisotopic (exact) mass is 375 g/mol. The number of piperidine rings is 1. The number of halogens is 1. The number of methoxy groups -OCH3 is 1. The van der Waals surface area contributed by atoms with Crippen molar-refractivity contribution in [2.24, 2.45) is 5.92 Å². The van der Waals surface area contributed by atoms with Crippen molar-refractivity contribution in [3.05, 3.63) is 22.7 Å². The molecule has 118 valence electrons. The molecule has 0 amide bonds. The van der Waals surface area contributed by atoms with Crippen LogP contribution in [-0.2, 0) is 10.0 Å². The van der Waals surface area contributed by atoms with Gasteiger partial charge in [0.05, 0.1) is 7.11 Å². The molecule has 0 radical (unpaired) electrons. The summed E-state index contributed by atoms with van der Waals surface area (Å²) in [6, 6.07) is 5.08. The predicted molar refractivity (Wildman–Crippen MR) is 87.1 cm³/mol. The zero-order valence-electron chi connectivity index (χ0n) is 12.5. The molecule has 6 heteroatoms. The van der Waals surface area contributed by atoms with Crippen LogP contribution in [0.2, 0.25) is 0 Å². The first kappa shape index (κ1) is 16.8. The number of sulfonamides is 1. The molecule has 0 atom stereocenters. The van der Waals surface area contributed by atoms with Crippen LogP contribution < -0.4 is 4.74 Å². The Bertz CT molecular complexity index is 581. The van der Waals surface area contributed by atoms with Gasteiger partial charge in [0.1, 0.15) is 10.6 Å². The topological polar surface area (TPSA) is 46.6 Å². The van der Waals surface area contributed by atoms with Crippen LogP contribution in [0.15, 0.2) is 27.6 Å². The standard InChI is InChI=1S/C15H22BrNO3S/c1-3-4-12-7-9-17(10-8-12)21(18,19)15-11-13(16)5-6-14(15)20-2/h5-6,11-12H,3-4,7-10H2,1-2H3. The molecule has 1 aromatic carbocycles. The van der Waals surface area contributed by atoms with E-state index in [0.717, 1.165) is 23.7 Å². The van der Waals surface area contributed by atoms with E-state index in [9.17, 15) is 8.42 Å². The molecule has 0 aromatic heterocycles. The summed E-state index contributed by atoms with van der Waals surface area (Å²) in [7, 11) is -1.99. The van der Waals surface area contributed by atoms with Crippen molar-refractivity contribution < 1.29 is 13.2 Å². The van der Waals surface area contributed by atoms with Crippen molar-refractivity contribution in [1.82, 2.24) is 4.31 Å². The number of hydrogen-bond acceptors (Lipinski definition) is 3. The maximum atomic E-state index is 12.8. The van der Waals surface area contributed by atoms with Crippen LogP contribution in [0.4, 0.5) is 0 Å². The van der Waals surface area contributed by atoms with E-state index in [1.165, 1.54) is 13.5 Å². The minimum Gasteiger partial charge on any atom is -0.495 e. The second-order valence-corrected chi connectivity index (χ2v) is 8.25. The quantitative estimate of drug-likeness (QED) is 0.788. The summed E-state index contributed by atoms with van der Waals surface area (Å²) in [5.74, 6) is 1.06. The molecule has 0 aliphatic carbocycles. The number of benzene rings is 1. The third-order valence-corrected chi connectivity index (χ3v) is 6.43. The molecule has 1 aromatic rings. The van der Waals surface area contributed by atoms with Gasteiger partial charge in [-0.3, -0.25) is 0 Å². The van der Waals surface area contributed by atoms with Gasteiger partial charge in [-0.1, -0.05) is 35.7 Å². The van der Waals surface area contributed by atoms with Gasteiger partial charge in [-0.05, 0) is 37.0 Å².